The van der Waals surface area contributed by atoms with Crippen molar-refractivity contribution in [3.05, 3.63) is 52.5 Å². The summed E-state index contributed by atoms with van der Waals surface area (Å²) in [6.45, 7) is 1.04. The van der Waals surface area contributed by atoms with Crippen LogP contribution in [0.15, 0.2) is 56.7 Å². The second-order valence-electron chi connectivity index (χ2n) is 6.36. The Labute approximate surface area is 173 Å². The summed E-state index contributed by atoms with van der Waals surface area (Å²) in [6, 6.07) is 10.6. The molecule has 0 unspecified atom stereocenters. The van der Waals surface area contributed by atoms with Gasteiger partial charge in [-0.2, -0.15) is 4.31 Å². The first-order valence-corrected chi connectivity index (χ1v) is 12.4. The molecule has 152 valence electrons. The molecule has 3 rings (SSSR count). The summed E-state index contributed by atoms with van der Waals surface area (Å²) < 4.78 is 60.3. The maximum Gasteiger partial charge on any atom is 0.243 e. The molecular formula is C18H21BrN2O5S2. The highest BCUT2D eigenvalue weighted by Crippen LogP contribution is 2.24. The first kappa shape index (κ1) is 21.3. The largest absolute Gasteiger partial charge is 0.496 e. The number of ether oxygens (including phenoxy) is 1. The molecule has 1 N–H and O–H groups in total. The Morgan fingerprint density at radius 2 is 1.61 bits per heavy atom. The number of benzene rings is 2. The van der Waals surface area contributed by atoms with Crippen LogP contribution in [0.2, 0.25) is 0 Å². The maximum absolute atomic E-state index is 12.6. The SMILES string of the molecule is COc1ccc(Br)cc1CNS(=O)(=O)c1ccc(S(=O)(=O)N2CCCC2)cc1. The highest BCUT2D eigenvalue weighted by Gasteiger charge is 2.27. The molecule has 0 bridgehead atoms. The van der Waals surface area contributed by atoms with Crippen LogP contribution in [0.1, 0.15) is 18.4 Å². The molecule has 7 nitrogen and oxygen atoms in total. The van der Waals surface area contributed by atoms with Crippen molar-refractivity contribution in [2.45, 2.75) is 29.2 Å². The Morgan fingerprint density at radius 1 is 1.00 bits per heavy atom. The van der Waals surface area contributed by atoms with Crippen molar-refractivity contribution < 1.29 is 21.6 Å². The fourth-order valence-electron chi connectivity index (χ4n) is 3.01. The minimum absolute atomic E-state index is 0.00170. The van der Waals surface area contributed by atoms with Gasteiger partial charge in [0.15, 0.2) is 0 Å². The van der Waals surface area contributed by atoms with E-state index in [1.807, 2.05) is 0 Å². The zero-order valence-electron chi connectivity index (χ0n) is 15.3. The van der Waals surface area contributed by atoms with Crippen LogP contribution in [0, 0.1) is 0 Å². The van der Waals surface area contributed by atoms with Crippen LogP contribution in [0.4, 0.5) is 0 Å². The fraction of sp³-hybridized carbons (Fsp3) is 0.333. The van der Waals surface area contributed by atoms with Gasteiger partial charge in [0.05, 0.1) is 16.9 Å². The Kier molecular flexibility index (Phi) is 6.45. The third-order valence-corrected chi connectivity index (χ3v) is 8.36. The molecule has 0 radical (unpaired) electrons. The zero-order valence-corrected chi connectivity index (χ0v) is 18.5. The molecule has 1 aliphatic heterocycles. The monoisotopic (exact) mass is 488 g/mol. The number of methoxy groups -OCH3 is 1. The van der Waals surface area contributed by atoms with Crippen molar-refractivity contribution in [1.82, 2.24) is 9.03 Å². The predicted molar refractivity (Wildman–Crippen MR) is 109 cm³/mol. The molecule has 0 saturated carbocycles. The molecule has 28 heavy (non-hydrogen) atoms. The van der Waals surface area contributed by atoms with E-state index in [1.165, 1.54) is 35.7 Å². The quantitative estimate of drug-likeness (QED) is 0.646. The molecule has 10 heteroatoms. The number of rotatable bonds is 7. The van der Waals surface area contributed by atoms with Crippen LogP contribution in [0.5, 0.6) is 5.75 Å². The van der Waals surface area contributed by atoms with Gasteiger partial charge in [-0.05, 0) is 55.3 Å². The molecule has 2 aromatic rings. The molecule has 0 atom stereocenters. The fourth-order valence-corrected chi connectivity index (χ4v) is 5.94. The number of hydrogen-bond acceptors (Lipinski definition) is 5. The Hall–Kier alpha value is -1.46. The topological polar surface area (TPSA) is 92.8 Å². The number of hydrogen-bond donors (Lipinski definition) is 1. The molecule has 0 spiro atoms. The molecule has 1 saturated heterocycles. The Morgan fingerprint density at radius 3 is 2.21 bits per heavy atom. The van der Waals surface area contributed by atoms with E-state index in [9.17, 15) is 16.8 Å². The van der Waals surface area contributed by atoms with Gasteiger partial charge in [-0.15, -0.1) is 0 Å². The molecule has 1 fully saturated rings. The van der Waals surface area contributed by atoms with Crippen LogP contribution in [0.3, 0.4) is 0 Å². The Balaban J connectivity index is 1.76. The van der Waals surface area contributed by atoms with Crippen LogP contribution < -0.4 is 9.46 Å². The van der Waals surface area contributed by atoms with Gasteiger partial charge in [0.2, 0.25) is 20.0 Å². The van der Waals surface area contributed by atoms with Crippen molar-refractivity contribution in [2.24, 2.45) is 0 Å². The minimum Gasteiger partial charge on any atom is -0.496 e. The van der Waals surface area contributed by atoms with E-state index in [-0.39, 0.29) is 16.3 Å². The van der Waals surface area contributed by atoms with Crippen molar-refractivity contribution in [1.29, 1.82) is 0 Å². The molecular weight excluding hydrogens is 468 g/mol. The van der Waals surface area contributed by atoms with Gasteiger partial charge in [-0.3, -0.25) is 0 Å². The molecule has 0 aromatic heterocycles. The van der Waals surface area contributed by atoms with Crippen molar-refractivity contribution in [2.75, 3.05) is 20.2 Å². The lowest BCUT2D eigenvalue weighted by Crippen LogP contribution is -2.28. The summed E-state index contributed by atoms with van der Waals surface area (Å²) in [6.07, 6.45) is 1.68. The molecule has 0 aliphatic carbocycles. The maximum atomic E-state index is 12.6. The lowest BCUT2D eigenvalue weighted by Gasteiger charge is -2.16. The van der Waals surface area contributed by atoms with Gasteiger partial charge in [0.25, 0.3) is 0 Å². The number of nitrogens with zero attached hydrogens (tertiary/aromatic N) is 1. The average molecular weight is 489 g/mol. The lowest BCUT2D eigenvalue weighted by molar-refractivity contribution is 0.409. The summed E-state index contributed by atoms with van der Waals surface area (Å²) >= 11 is 3.35. The van der Waals surface area contributed by atoms with Gasteiger partial charge in [-0.25, -0.2) is 21.6 Å². The summed E-state index contributed by atoms with van der Waals surface area (Å²) in [4.78, 5) is 0.101. The zero-order chi connectivity index (χ0) is 20.4. The van der Waals surface area contributed by atoms with E-state index in [4.69, 9.17) is 4.74 Å². The standard InChI is InChI=1S/C18H21BrN2O5S2/c1-26-18-9-4-15(19)12-14(18)13-20-27(22,23)16-5-7-17(8-6-16)28(24,25)21-10-2-3-11-21/h4-9,12,20H,2-3,10-11,13H2,1H3. The second-order valence-corrected chi connectivity index (χ2v) is 11.0. The summed E-state index contributed by atoms with van der Waals surface area (Å²) in [5, 5.41) is 0. The highest BCUT2D eigenvalue weighted by molar-refractivity contribution is 9.10. The van der Waals surface area contributed by atoms with Crippen LogP contribution in [0.25, 0.3) is 0 Å². The van der Waals surface area contributed by atoms with Crippen LogP contribution in [-0.2, 0) is 26.6 Å². The van der Waals surface area contributed by atoms with Gasteiger partial charge < -0.3 is 4.74 Å². The van der Waals surface area contributed by atoms with E-state index in [1.54, 1.807) is 18.2 Å². The molecule has 2 aromatic carbocycles. The number of halogens is 1. The highest BCUT2D eigenvalue weighted by atomic mass is 79.9. The molecule has 1 heterocycles. The predicted octanol–water partition coefficient (Wildman–Crippen LogP) is 2.72. The van der Waals surface area contributed by atoms with E-state index >= 15 is 0 Å². The van der Waals surface area contributed by atoms with Gasteiger partial charge >= 0.3 is 0 Å². The lowest BCUT2D eigenvalue weighted by atomic mass is 10.2. The minimum atomic E-state index is -3.81. The van der Waals surface area contributed by atoms with Crippen LogP contribution >= 0.6 is 15.9 Å². The molecule has 1 aliphatic rings. The summed E-state index contributed by atoms with van der Waals surface area (Å²) in [7, 11) is -5.87. The number of nitrogens with one attached hydrogen (secondary N) is 1. The van der Waals surface area contributed by atoms with Crippen molar-refractivity contribution >= 4 is 36.0 Å². The number of sulfonamides is 2. The smallest absolute Gasteiger partial charge is 0.243 e. The summed E-state index contributed by atoms with van der Waals surface area (Å²) in [5.74, 6) is 0.568. The van der Waals surface area contributed by atoms with E-state index in [0.29, 0.717) is 24.4 Å². The first-order chi connectivity index (χ1) is 13.2. The van der Waals surface area contributed by atoms with Crippen molar-refractivity contribution in [3.8, 4) is 5.75 Å². The van der Waals surface area contributed by atoms with Crippen molar-refractivity contribution in [3.63, 3.8) is 0 Å². The van der Waals surface area contributed by atoms with E-state index < -0.39 is 20.0 Å². The van der Waals surface area contributed by atoms with Crippen LogP contribution in [-0.4, -0.2) is 41.3 Å². The third kappa shape index (κ3) is 4.57. The van der Waals surface area contributed by atoms with Gasteiger partial charge in [-0.1, -0.05) is 15.9 Å². The van der Waals surface area contributed by atoms with Gasteiger partial charge in [0.1, 0.15) is 5.75 Å². The third-order valence-electron chi connectivity index (χ3n) is 4.53. The Bertz CT molecular complexity index is 1050. The van der Waals surface area contributed by atoms with E-state index in [0.717, 1.165) is 17.3 Å². The molecule has 0 amide bonds. The average Bonchev–Trinajstić information content (AvgIpc) is 3.22. The first-order valence-electron chi connectivity index (χ1n) is 8.66. The summed E-state index contributed by atoms with van der Waals surface area (Å²) in [5.41, 5.74) is 0.675. The van der Waals surface area contributed by atoms with Gasteiger partial charge in [0, 0.05) is 29.7 Å². The normalized spacial score (nSPS) is 15.6. The second kappa shape index (κ2) is 8.50. The van der Waals surface area contributed by atoms with E-state index in [2.05, 4.69) is 20.7 Å².